The van der Waals surface area contributed by atoms with Gasteiger partial charge in [-0.3, -0.25) is 4.79 Å². The molecule has 31 heavy (non-hydrogen) atoms. The van der Waals surface area contributed by atoms with Crippen molar-refractivity contribution in [3.05, 3.63) is 27.4 Å². The van der Waals surface area contributed by atoms with E-state index in [2.05, 4.69) is 15.5 Å². The van der Waals surface area contributed by atoms with Crippen LogP contribution < -0.4 is 5.32 Å². The third-order valence-corrected chi connectivity index (χ3v) is 6.57. The lowest BCUT2D eigenvalue weighted by Crippen LogP contribution is -2.24. The number of alkyl halides is 5. The van der Waals surface area contributed by atoms with Crippen molar-refractivity contribution < 1.29 is 36.4 Å². The standard InChI is InChI=1S/C19H18F5N3O3S/c20-18(21)6-5-11-12(7-18)31-16(13(11)15-26-17(27-30-15)19(22,23)24)25-14(29)10-4-2-1-3-9(10)8-28/h28H,1-8H2,(H,25,29). The van der Waals surface area contributed by atoms with Crippen LogP contribution in [0.3, 0.4) is 0 Å². The first-order chi connectivity index (χ1) is 14.6. The first-order valence-corrected chi connectivity index (χ1v) is 10.5. The highest BCUT2D eigenvalue weighted by Gasteiger charge is 2.41. The molecule has 2 aromatic rings. The van der Waals surface area contributed by atoms with E-state index in [1.54, 1.807) is 0 Å². The summed E-state index contributed by atoms with van der Waals surface area (Å²) in [5.74, 6) is -5.44. The van der Waals surface area contributed by atoms with Crippen LogP contribution in [-0.2, 0) is 23.8 Å². The van der Waals surface area contributed by atoms with Crippen LogP contribution in [0.1, 0.15) is 48.4 Å². The van der Waals surface area contributed by atoms with Crippen molar-refractivity contribution in [3.63, 3.8) is 0 Å². The zero-order valence-corrected chi connectivity index (χ0v) is 16.9. The summed E-state index contributed by atoms with van der Waals surface area (Å²) in [6.07, 6.45) is -3.39. The molecule has 0 spiro atoms. The number of thiophene rings is 1. The predicted molar refractivity (Wildman–Crippen MR) is 101 cm³/mol. The Bertz CT molecular complexity index is 1040. The lowest BCUT2D eigenvalue weighted by atomic mass is 9.91. The minimum Gasteiger partial charge on any atom is -0.392 e. The maximum Gasteiger partial charge on any atom is 0.455 e. The molecule has 0 unspecified atom stereocenters. The number of rotatable bonds is 4. The van der Waals surface area contributed by atoms with E-state index in [4.69, 9.17) is 4.52 Å². The van der Waals surface area contributed by atoms with Crippen LogP contribution >= 0.6 is 11.3 Å². The molecule has 0 fully saturated rings. The summed E-state index contributed by atoms with van der Waals surface area (Å²) in [6, 6.07) is 0. The molecule has 0 aliphatic heterocycles. The van der Waals surface area contributed by atoms with Crippen molar-refractivity contribution in [2.45, 2.75) is 57.0 Å². The molecule has 4 rings (SSSR count). The van der Waals surface area contributed by atoms with Gasteiger partial charge in [0.2, 0.25) is 0 Å². The summed E-state index contributed by atoms with van der Waals surface area (Å²) < 4.78 is 71.5. The molecule has 1 amide bonds. The molecular weight excluding hydrogens is 445 g/mol. The molecule has 2 aliphatic carbocycles. The van der Waals surface area contributed by atoms with Gasteiger partial charge in [0.1, 0.15) is 5.00 Å². The summed E-state index contributed by atoms with van der Waals surface area (Å²) in [6.45, 7) is -0.276. The SMILES string of the molecule is O=C(Nc1sc2c(c1-c1nc(C(F)(F)F)no1)CCC(F)(F)C2)C1=C(CO)CCCC1. The number of aliphatic hydroxyl groups is 1. The third-order valence-electron chi connectivity index (χ3n) is 5.42. The number of nitrogens with zero attached hydrogens (tertiary/aromatic N) is 2. The van der Waals surface area contributed by atoms with E-state index in [9.17, 15) is 31.9 Å². The molecule has 0 aromatic carbocycles. The summed E-state index contributed by atoms with van der Waals surface area (Å²) in [4.78, 5) is 16.5. The van der Waals surface area contributed by atoms with Crippen molar-refractivity contribution in [1.82, 2.24) is 10.1 Å². The average Bonchev–Trinajstić information content (AvgIpc) is 3.31. The lowest BCUT2D eigenvalue weighted by molar-refractivity contribution is -0.146. The van der Waals surface area contributed by atoms with E-state index in [-0.39, 0.29) is 28.5 Å². The first-order valence-electron chi connectivity index (χ1n) is 9.66. The Hall–Kier alpha value is -2.34. The number of carbonyl (C=O) groups excluding carboxylic acids is 1. The molecule has 2 N–H and O–H groups in total. The van der Waals surface area contributed by atoms with Crippen LogP contribution in [0.25, 0.3) is 11.5 Å². The Morgan fingerprint density at radius 3 is 2.65 bits per heavy atom. The largest absolute Gasteiger partial charge is 0.455 e. The molecule has 12 heteroatoms. The third kappa shape index (κ3) is 4.36. The fraction of sp³-hybridized carbons (Fsp3) is 0.526. The van der Waals surface area contributed by atoms with Gasteiger partial charge in [-0.25, -0.2) is 8.78 Å². The second kappa shape index (κ2) is 7.97. The molecule has 2 aromatic heterocycles. The summed E-state index contributed by atoms with van der Waals surface area (Å²) >= 11 is 0.871. The summed E-state index contributed by atoms with van der Waals surface area (Å²) in [5.41, 5.74) is 1.42. The molecule has 0 saturated heterocycles. The van der Waals surface area contributed by atoms with Gasteiger partial charge in [-0.05, 0) is 43.2 Å². The van der Waals surface area contributed by atoms with Crippen molar-refractivity contribution in [2.75, 3.05) is 11.9 Å². The van der Waals surface area contributed by atoms with Gasteiger partial charge in [0.15, 0.2) is 0 Å². The maximum absolute atomic E-state index is 13.9. The normalized spacial score (nSPS) is 18.8. The zero-order valence-electron chi connectivity index (χ0n) is 16.1. The van der Waals surface area contributed by atoms with E-state index >= 15 is 0 Å². The lowest BCUT2D eigenvalue weighted by Gasteiger charge is -2.21. The van der Waals surface area contributed by atoms with E-state index < -0.39 is 42.6 Å². The number of aromatic nitrogens is 2. The number of amides is 1. The molecule has 2 heterocycles. The molecule has 6 nitrogen and oxygen atoms in total. The van der Waals surface area contributed by atoms with Crippen molar-refractivity contribution in [3.8, 4) is 11.5 Å². The second-order valence-corrected chi connectivity index (χ2v) is 8.67. The number of halogens is 5. The van der Waals surface area contributed by atoms with Gasteiger partial charge in [0.25, 0.3) is 23.5 Å². The minimum atomic E-state index is -4.84. The van der Waals surface area contributed by atoms with Gasteiger partial charge in [-0.1, -0.05) is 5.16 Å². The van der Waals surface area contributed by atoms with Crippen LogP contribution in [0.4, 0.5) is 27.0 Å². The topological polar surface area (TPSA) is 88.3 Å². The smallest absolute Gasteiger partial charge is 0.392 e. The fourth-order valence-electron chi connectivity index (χ4n) is 3.90. The van der Waals surface area contributed by atoms with E-state index in [1.165, 1.54) is 0 Å². The molecule has 0 saturated carbocycles. The van der Waals surface area contributed by atoms with Crippen molar-refractivity contribution in [1.29, 1.82) is 0 Å². The number of aliphatic hydroxyl groups excluding tert-OH is 1. The van der Waals surface area contributed by atoms with Gasteiger partial charge in [0.05, 0.1) is 12.2 Å². The highest BCUT2D eigenvalue weighted by molar-refractivity contribution is 7.17. The van der Waals surface area contributed by atoms with E-state index in [1.807, 2.05) is 0 Å². The van der Waals surface area contributed by atoms with Gasteiger partial charge < -0.3 is 14.9 Å². The van der Waals surface area contributed by atoms with Crippen LogP contribution in [0, 0.1) is 0 Å². The maximum atomic E-state index is 13.9. The van der Waals surface area contributed by atoms with Gasteiger partial charge in [0, 0.05) is 23.3 Å². The number of hydrogen-bond donors (Lipinski definition) is 2. The number of fused-ring (bicyclic) bond motifs is 1. The average molecular weight is 463 g/mol. The summed E-state index contributed by atoms with van der Waals surface area (Å²) in [7, 11) is 0. The molecule has 168 valence electrons. The highest BCUT2D eigenvalue weighted by Crippen LogP contribution is 2.47. The van der Waals surface area contributed by atoms with Crippen LogP contribution in [0.15, 0.2) is 15.7 Å². The van der Waals surface area contributed by atoms with Crippen LogP contribution in [-0.4, -0.2) is 33.7 Å². The number of nitrogens with one attached hydrogen (secondary N) is 1. The van der Waals surface area contributed by atoms with Crippen molar-refractivity contribution >= 4 is 22.2 Å². The Balaban J connectivity index is 1.75. The summed E-state index contributed by atoms with van der Waals surface area (Å²) in [5, 5.41) is 15.2. The van der Waals surface area contributed by atoms with Crippen LogP contribution in [0.2, 0.25) is 0 Å². The monoisotopic (exact) mass is 463 g/mol. The van der Waals surface area contributed by atoms with Crippen LogP contribution in [0.5, 0.6) is 0 Å². The number of hydrogen-bond acceptors (Lipinski definition) is 6. The molecule has 0 bridgehead atoms. The molecular formula is C19H18F5N3O3S. The Kier molecular flexibility index (Phi) is 5.63. The fourth-order valence-corrected chi connectivity index (χ4v) is 5.21. The Morgan fingerprint density at radius 1 is 1.23 bits per heavy atom. The number of carbonyl (C=O) groups is 1. The Morgan fingerprint density at radius 2 is 1.97 bits per heavy atom. The van der Waals surface area contributed by atoms with E-state index in [0.29, 0.717) is 29.6 Å². The quantitative estimate of drug-likeness (QED) is 0.640. The highest BCUT2D eigenvalue weighted by atomic mass is 32.1. The molecule has 2 aliphatic rings. The second-order valence-electron chi connectivity index (χ2n) is 7.56. The van der Waals surface area contributed by atoms with Gasteiger partial charge in [-0.15, -0.1) is 11.3 Å². The van der Waals surface area contributed by atoms with Gasteiger partial charge >= 0.3 is 6.18 Å². The molecule has 0 radical (unpaired) electrons. The minimum absolute atomic E-state index is 0.0498. The number of anilines is 1. The zero-order chi connectivity index (χ0) is 22.4. The first kappa shape index (κ1) is 21.9. The Labute approximate surface area is 177 Å². The van der Waals surface area contributed by atoms with Crippen molar-refractivity contribution in [2.24, 2.45) is 0 Å². The van der Waals surface area contributed by atoms with Gasteiger partial charge in [-0.2, -0.15) is 18.2 Å². The molecule has 0 atom stereocenters. The predicted octanol–water partition coefficient (Wildman–Crippen LogP) is 4.74. The van der Waals surface area contributed by atoms with E-state index in [0.717, 1.165) is 24.2 Å².